The van der Waals surface area contributed by atoms with Gasteiger partial charge in [-0.25, -0.2) is 9.18 Å². The number of nitrogens with one attached hydrogen (secondary N) is 1. The summed E-state index contributed by atoms with van der Waals surface area (Å²) in [5, 5.41) is 21.1. The van der Waals surface area contributed by atoms with Crippen LogP contribution in [0.3, 0.4) is 0 Å². The number of aromatic carboxylic acids is 1. The zero-order valence-electron chi connectivity index (χ0n) is 10.5. The lowest BCUT2D eigenvalue weighted by Crippen LogP contribution is -2.26. The van der Waals surface area contributed by atoms with E-state index in [-0.39, 0.29) is 17.9 Å². The van der Waals surface area contributed by atoms with Gasteiger partial charge in [0.15, 0.2) is 0 Å². The van der Waals surface area contributed by atoms with Crippen molar-refractivity contribution in [2.24, 2.45) is 0 Å². The molecule has 0 saturated heterocycles. The number of benzene rings is 1. The Hall–Kier alpha value is -1.86. The Labute approximate surface area is 110 Å². The molecule has 0 spiro atoms. The molecule has 7 heteroatoms. The van der Waals surface area contributed by atoms with Crippen LogP contribution in [0.5, 0.6) is 0 Å². The number of carbonyl (C=O) groups is 1. The topological polar surface area (TPSA) is 105 Å². The van der Waals surface area contributed by atoms with Crippen molar-refractivity contribution in [3.05, 3.63) is 23.5 Å². The number of aliphatic hydroxyl groups excluding tert-OH is 1. The largest absolute Gasteiger partial charge is 0.478 e. The molecule has 1 atom stereocenters. The van der Waals surface area contributed by atoms with E-state index >= 15 is 0 Å². The first-order valence-corrected chi connectivity index (χ1v) is 5.68. The summed E-state index contributed by atoms with van der Waals surface area (Å²) >= 11 is 0. The van der Waals surface area contributed by atoms with Crippen molar-refractivity contribution in [2.75, 3.05) is 31.4 Å². The molecule has 0 radical (unpaired) electrons. The minimum atomic E-state index is -1.33. The minimum absolute atomic E-state index is 0.168. The van der Waals surface area contributed by atoms with Crippen LogP contribution >= 0.6 is 0 Å². The number of hydrogen-bond acceptors (Lipinski definition) is 5. The summed E-state index contributed by atoms with van der Waals surface area (Å²) in [6.45, 7) is 0.191. The SMILES string of the molecule is COCCC(CO)Nc1ccc(F)c(N)c1C(=O)O. The molecule has 0 heterocycles. The molecule has 106 valence electrons. The van der Waals surface area contributed by atoms with E-state index in [0.29, 0.717) is 13.0 Å². The van der Waals surface area contributed by atoms with Crippen LogP contribution in [-0.4, -0.2) is 42.5 Å². The number of carboxylic acid groups (broad SMARTS) is 1. The maximum atomic E-state index is 13.3. The van der Waals surface area contributed by atoms with Crippen molar-refractivity contribution < 1.29 is 24.1 Å². The molecule has 1 aromatic carbocycles. The second kappa shape index (κ2) is 6.91. The summed E-state index contributed by atoms with van der Waals surface area (Å²) < 4.78 is 18.1. The molecule has 0 aliphatic heterocycles. The van der Waals surface area contributed by atoms with Crippen LogP contribution in [0, 0.1) is 5.82 Å². The van der Waals surface area contributed by atoms with Crippen molar-refractivity contribution in [2.45, 2.75) is 12.5 Å². The van der Waals surface area contributed by atoms with E-state index < -0.39 is 23.5 Å². The van der Waals surface area contributed by atoms with Gasteiger partial charge in [-0.2, -0.15) is 0 Å². The molecule has 1 rings (SSSR count). The van der Waals surface area contributed by atoms with Gasteiger partial charge in [-0.1, -0.05) is 0 Å². The highest BCUT2D eigenvalue weighted by Gasteiger charge is 2.19. The summed E-state index contributed by atoms with van der Waals surface area (Å²) in [4.78, 5) is 11.1. The summed E-state index contributed by atoms with van der Waals surface area (Å²) in [5.41, 5.74) is 4.82. The molecule has 0 aliphatic rings. The average molecular weight is 272 g/mol. The fourth-order valence-corrected chi connectivity index (χ4v) is 1.63. The molecular formula is C12H17FN2O4. The number of halogens is 1. The molecule has 0 aliphatic carbocycles. The van der Waals surface area contributed by atoms with E-state index in [1.54, 1.807) is 0 Å². The van der Waals surface area contributed by atoms with Crippen LogP contribution in [0.4, 0.5) is 15.8 Å². The zero-order valence-corrected chi connectivity index (χ0v) is 10.5. The maximum Gasteiger partial charge on any atom is 0.340 e. The van der Waals surface area contributed by atoms with Crippen molar-refractivity contribution in [1.82, 2.24) is 0 Å². The van der Waals surface area contributed by atoms with Crippen molar-refractivity contribution >= 4 is 17.3 Å². The van der Waals surface area contributed by atoms with Crippen LogP contribution in [0.2, 0.25) is 0 Å². The van der Waals surface area contributed by atoms with Crippen molar-refractivity contribution in [3.63, 3.8) is 0 Å². The highest BCUT2D eigenvalue weighted by molar-refractivity contribution is 6.00. The average Bonchev–Trinajstić information content (AvgIpc) is 2.38. The highest BCUT2D eigenvalue weighted by atomic mass is 19.1. The predicted octanol–water partition coefficient (Wildman–Crippen LogP) is 0.915. The van der Waals surface area contributed by atoms with Crippen molar-refractivity contribution in [3.8, 4) is 0 Å². The molecule has 1 unspecified atom stereocenters. The van der Waals surface area contributed by atoms with Gasteiger partial charge in [-0.15, -0.1) is 0 Å². The number of anilines is 2. The Morgan fingerprint density at radius 3 is 2.79 bits per heavy atom. The first-order chi connectivity index (χ1) is 9.01. The van der Waals surface area contributed by atoms with Crippen LogP contribution < -0.4 is 11.1 Å². The number of ether oxygens (including phenoxy) is 1. The van der Waals surface area contributed by atoms with Gasteiger partial charge in [0.1, 0.15) is 11.4 Å². The third kappa shape index (κ3) is 3.80. The van der Waals surface area contributed by atoms with E-state index in [1.165, 1.54) is 13.2 Å². The summed E-state index contributed by atoms with van der Waals surface area (Å²) in [7, 11) is 1.52. The maximum absolute atomic E-state index is 13.3. The smallest absolute Gasteiger partial charge is 0.340 e. The predicted molar refractivity (Wildman–Crippen MR) is 68.8 cm³/mol. The summed E-state index contributed by atoms with van der Waals surface area (Å²) in [5.74, 6) is -2.12. The number of nitrogen functional groups attached to an aromatic ring is 1. The number of aliphatic hydroxyl groups is 1. The van der Waals surface area contributed by atoms with E-state index in [0.717, 1.165) is 6.07 Å². The summed E-state index contributed by atoms with van der Waals surface area (Å²) in [6.07, 6.45) is 0.476. The number of methoxy groups -OCH3 is 1. The Kier molecular flexibility index (Phi) is 5.53. The molecule has 1 aromatic rings. The van der Waals surface area contributed by atoms with E-state index in [9.17, 15) is 14.3 Å². The lowest BCUT2D eigenvalue weighted by Gasteiger charge is -2.19. The molecule has 0 saturated carbocycles. The van der Waals surface area contributed by atoms with Gasteiger partial charge in [0, 0.05) is 13.7 Å². The molecule has 5 N–H and O–H groups in total. The molecule has 19 heavy (non-hydrogen) atoms. The standard InChI is InChI=1S/C12H17FN2O4/c1-19-5-4-7(6-16)15-9-3-2-8(13)11(14)10(9)12(17)18/h2-3,7,15-16H,4-6,14H2,1H3,(H,17,18). The molecule has 6 nitrogen and oxygen atoms in total. The monoisotopic (exact) mass is 272 g/mol. The van der Waals surface area contributed by atoms with Crippen LogP contribution in [-0.2, 0) is 4.74 Å². The highest BCUT2D eigenvalue weighted by Crippen LogP contribution is 2.26. The fraction of sp³-hybridized carbons (Fsp3) is 0.417. The van der Waals surface area contributed by atoms with Gasteiger partial charge in [0.25, 0.3) is 0 Å². The Bertz CT molecular complexity index is 454. The van der Waals surface area contributed by atoms with Gasteiger partial charge >= 0.3 is 5.97 Å². The van der Waals surface area contributed by atoms with Crippen molar-refractivity contribution in [1.29, 1.82) is 0 Å². The second-order valence-corrected chi connectivity index (χ2v) is 3.99. The molecule has 0 bridgehead atoms. The molecular weight excluding hydrogens is 255 g/mol. The number of hydrogen-bond donors (Lipinski definition) is 4. The Balaban J connectivity index is 2.99. The zero-order chi connectivity index (χ0) is 14.4. The van der Waals surface area contributed by atoms with E-state index in [2.05, 4.69) is 5.32 Å². The lowest BCUT2D eigenvalue weighted by molar-refractivity contribution is 0.0698. The number of rotatable bonds is 7. The molecule has 0 amide bonds. The Morgan fingerprint density at radius 1 is 1.58 bits per heavy atom. The molecule has 0 fully saturated rings. The Morgan fingerprint density at radius 2 is 2.26 bits per heavy atom. The summed E-state index contributed by atoms with van der Waals surface area (Å²) in [6, 6.07) is 1.96. The van der Waals surface area contributed by atoms with Crippen LogP contribution in [0.1, 0.15) is 16.8 Å². The van der Waals surface area contributed by atoms with E-state index in [4.69, 9.17) is 15.6 Å². The van der Waals surface area contributed by atoms with Gasteiger partial charge in [0.05, 0.1) is 24.0 Å². The van der Waals surface area contributed by atoms with Gasteiger partial charge in [-0.05, 0) is 18.6 Å². The van der Waals surface area contributed by atoms with Gasteiger partial charge in [-0.3, -0.25) is 0 Å². The number of nitrogens with two attached hydrogens (primary N) is 1. The fourth-order valence-electron chi connectivity index (χ4n) is 1.63. The van der Waals surface area contributed by atoms with Crippen LogP contribution in [0.25, 0.3) is 0 Å². The first kappa shape index (κ1) is 15.2. The second-order valence-electron chi connectivity index (χ2n) is 3.99. The number of carboxylic acids is 1. The molecule has 0 aromatic heterocycles. The normalized spacial score (nSPS) is 12.2. The van der Waals surface area contributed by atoms with Crippen LogP contribution in [0.15, 0.2) is 12.1 Å². The van der Waals surface area contributed by atoms with E-state index in [1.807, 2.05) is 0 Å². The third-order valence-corrected chi connectivity index (χ3v) is 2.66. The quantitative estimate of drug-likeness (QED) is 0.550. The third-order valence-electron chi connectivity index (χ3n) is 2.66. The van der Waals surface area contributed by atoms with Gasteiger partial charge < -0.3 is 26.0 Å². The first-order valence-electron chi connectivity index (χ1n) is 5.68. The lowest BCUT2D eigenvalue weighted by atomic mass is 10.1. The minimum Gasteiger partial charge on any atom is -0.478 e. The van der Waals surface area contributed by atoms with Gasteiger partial charge in [0.2, 0.25) is 0 Å².